The van der Waals surface area contributed by atoms with E-state index in [1.165, 1.54) is 12.8 Å². The molecule has 0 saturated carbocycles. The summed E-state index contributed by atoms with van der Waals surface area (Å²) < 4.78 is 0. The van der Waals surface area contributed by atoms with Crippen molar-refractivity contribution in [2.75, 3.05) is 11.4 Å². The molecule has 2 unspecified atom stereocenters. The first kappa shape index (κ1) is 12.4. The molecule has 0 radical (unpaired) electrons. The standard InChI is InChI=1S/C14H18ClNO/c1-10-3-4-11(2)16(8-10)13-6-5-12(9-17)14(15)7-13/h5-7,9-11H,3-4,8H2,1-2H3. The fraction of sp³-hybridized carbons (Fsp3) is 0.500. The number of carbonyl (C=O) groups excluding carboxylic acids is 1. The first-order valence-corrected chi connectivity index (χ1v) is 6.51. The minimum Gasteiger partial charge on any atom is -0.369 e. The molecule has 1 aromatic rings. The second-order valence-corrected chi connectivity index (χ2v) is 5.41. The molecule has 0 aliphatic carbocycles. The topological polar surface area (TPSA) is 20.3 Å². The Balaban J connectivity index is 2.26. The summed E-state index contributed by atoms with van der Waals surface area (Å²) in [5, 5.41) is 0.544. The maximum atomic E-state index is 10.7. The third kappa shape index (κ3) is 2.63. The van der Waals surface area contributed by atoms with Crippen LogP contribution in [-0.4, -0.2) is 18.9 Å². The molecule has 1 aliphatic heterocycles. The van der Waals surface area contributed by atoms with Gasteiger partial charge in [-0.2, -0.15) is 0 Å². The van der Waals surface area contributed by atoms with Crippen LogP contribution in [-0.2, 0) is 0 Å². The predicted molar refractivity (Wildman–Crippen MR) is 72.0 cm³/mol. The van der Waals surface area contributed by atoms with E-state index in [0.29, 0.717) is 16.6 Å². The summed E-state index contributed by atoms with van der Waals surface area (Å²) in [6.45, 7) is 5.59. The minimum atomic E-state index is 0.544. The van der Waals surface area contributed by atoms with Crippen molar-refractivity contribution in [1.29, 1.82) is 0 Å². The van der Waals surface area contributed by atoms with Crippen LogP contribution in [0.3, 0.4) is 0 Å². The van der Waals surface area contributed by atoms with E-state index in [4.69, 9.17) is 11.6 Å². The minimum absolute atomic E-state index is 0.544. The number of nitrogens with zero attached hydrogens (tertiary/aromatic N) is 1. The molecule has 2 rings (SSSR count). The summed E-state index contributed by atoms with van der Waals surface area (Å²) in [4.78, 5) is 13.1. The zero-order valence-corrected chi connectivity index (χ0v) is 11.1. The molecule has 17 heavy (non-hydrogen) atoms. The van der Waals surface area contributed by atoms with Gasteiger partial charge in [0.15, 0.2) is 6.29 Å². The third-order valence-corrected chi connectivity index (χ3v) is 3.89. The second kappa shape index (κ2) is 5.09. The van der Waals surface area contributed by atoms with Crippen molar-refractivity contribution in [1.82, 2.24) is 0 Å². The molecule has 1 fully saturated rings. The Morgan fingerprint density at radius 3 is 2.76 bits per heavy atom. The fourth-order valence-electron chi connectivity index (χ4n) is 2.44. The van der Waals surface area contributed by atoms with E-state index in [1.807, 2.05) is 12.1 Å². The Morgan fingerprint density at radius 2 is 2.12 bits per heavy atom. The van der Waals surface area contributed by atoms with E-state index in [9.17, 15) is 4.79 Å². The van der Waals surface area contributed by atoms with Gasteiger partial charge in [0.25, 0.3) is 0 Å². The molecule has 1 heterocycles. The lowest BCUT2D eigenvalue weighted by molar-refractivity contribution is 0.112. The molecular weight excluding hydrogens is 234 g/mol. The first-order valence-electron chi connectivity index (χ1n) is 6.13. The molecule has 0 spiro atoms. The molecular formula is C14H18ClNO. The largest absolute Gasteiger partial charge is 0.369 e. The van der Waals surface area contributed by atoms with Crippen molar-refractivity contribution in [3.8, 4) is 0 Å². The molecule has 0 N–H and O–H groups in total. The number of carbonyl (C=O) groups is 1. The van der Waals surface area contributed by atoms with Gasteiger partial charge in [-0.15, -0.1) is 0 Å². The molecule has 92 valence electrons. The van der Waals surface area contributed by atoms with Crippen LogP contribution in [0, 0.1) is 5.92 Å². The summed E-state index contributed by atoms with van der Waals surface area (Å²) in [7, 11) is 0. The normalized spacial score (nSPS) is 24.8. The summed E-state index contributed by atoms with van der Waals surface area (Å²) in [5.41, 5.74) is 1.69. The Hall–Kier alpha value is -1.02. The Kier molecular flexibility index (Phi) is 3.72. The van der Waals surface area contributed by atoms with Crippen molar-refractivity contribution >= 4 is 23.6 Å². The van der Waals surface area contributed by atoms with Gasteiger partial charge in [0, 0.05) is 23.8 Å². The second-order valence-electron chi connectivity index (χ2n) is 5.01. The smallest absolute Gasteiger partial charge is 0.151 e. The monoisotopic (exact) mass is 251 g/mol. The van der Waals surface area contributed by atoms with Crippen LogP contribution in [0.25, 0.3) is 0 Å². The molecule has 3 heteroatoms. The first-order chi connectivity index (χ1) is 8.11. The van der Waals surface area contributed by atoms with Crippen molar-refractivity contribution in [2.45, 2.75) is 32.7 Å². The molecule has 2 atom stereocenters. The third-order valence-electron chi connectivity index (χ3n) is 3.56. The lowest BCUT2D eigenvalue weighted by Gasteiger charge is -2.38. The van der Waals surface area contributed by atoms with Crippen molar-refractivity contribution in [3.63, 3.8) is 0 Å². The van der Waals surface area contributed by atoms with E-state index >= 15 is 0 Å². The van der Waals surface area contributed by atoms with E-state index in [-0.39, 0.29) is 0 Å². The summed E-state index contributed by atoms with van der Waals surface area (Å²) in [5.74, 6) is 0.718. The highest BCUT2D eigenvalue weighted by molar-refractivity contribution is 6.33. The molecule has 1 aromatic carbocycles. The summed E-state index contributed by atoms with van der Waals surface area (Å²) >= 11 is 6.07. The quantitative estimate of drug-likeness (QED) is 0.746. The summed E-state index contributed by atoms with van der Waals surface area (Å²) in [6, 6.07) is 6.24. The molecule has 1 aliphatic rings. The Labute approximate surface area is 108 Å². The zero-order valence-electron chi connectivity index (χ0n) is 10.3. The lowest BCUT2D eigenvalue weighted by Crippen LogP contribution is -2.41. The number of anilines is 1. The Bertz CT molecular complexity index is 419. The van der Waals surface area contributed by atoms with Crippen LogP contribution >= 0.6 is 11.6 Å². The van der Waals surface area contributed by atoms with Gasteiger partial charge in [0.2, 0.25) is 0 Å². The van der Waals surface area contributed by atoms with Gasteiger partial charge in [-0.3, -0.25) is 4.79 Å². The average molecular weight is 252 g/mol. The zero-order chi connectivity index (χ0) is 12.4. The highest BCUT2D eigenvalue weighted by Gasteiger charge is 2.23. The van der Waals surface area contributed by atoms with Gasteiger partial charge in [-0.25, -0.2) is 0 Å². The van der Waals surface area contributed by atoms with Crippen LogP contribution < -0.4 is 4.90 Å². The number of benzene rings is 1. The number of aldehydes is 1. The van der Waals surface area contributed by atoms with Crippen molar-refractivity contribution in [2.24, 2.45) is 5.92 Å². The van der Waals surface area contributed by atoms with E-state index in [1.54, 1.807) is 6.07 Å². The van der Waals surface area contributed by atoms with E-state index in [2.05, 4.69) is 18.7 Å². The predicted octanol–water partition coefficient (Wildman–Crippen LogP) is 3.78. The molecule has 2 nitrogen and oxygen atoms in total. The van der Waals surface area contributed by atoms with Crippen LogP contribution in [0.2, 0.25) is 5.02 Å². The van der Waals surface area contributed by atoms with Gasteiger partial charge < -0.3 is 4.90 Å². The van der Waals surface area contributed by atoms with Crippen LogP contribution in [0.15, 0.2) is 18.2 Å². The molecule has 0 aromatic heterocycles. The van der Waals surface area contributed by atoms with Gasteiger partial charge in [-0.1, -0.05) is 18.5 Å². The number of hydrogen-bond acceptors (Lipinski definition) is 2. The number of rotatable bonds is 2. The molecule has 0 amide bonds. The van der Waals surface area contributed by atoms with E-state index < -0.39 is 0 Å². The van der Waals surface area contributed by atoms with Gasteiger partial charge >= 0.3 is 0 Å². The maximum absolute atomic E-state index is 10.7. The molecule has 0 bridgehead atoms. The lowest BCUT2D eigenvalue weighted by atomic mass is 9.94. The SMILES string of the molecule is CC1CCC(C)N(c2ccc(C=O)c(Cl)c2)C1. The van der Waals surface area contributed by atoms with Crippen LogP contribution in [0.4, 0.5) is 5.69 Å². The van der Waals surface area contributed by atoms with Crippen LogP contribution in [0.5, 0.6) is 0 Å². The number of hydrogen-bond donors (Lipinski definition) is 0. The Morgan fingerprint density at radius 1 is 1.35 bits per heavy atom. The van der Waals surface area contributed by atoms with Crippen molar-refractivity contribution < 1.29 is 4.79 Å². The highest BCUT2D eigenvalue weighted by atomic mass is 35.5. The van der Waals surface area contributed by atoms with Gasteiger partial charge in [-0.05, 0) is 43.9 Å². The van der Waals surface area contributed by atoms with E-state index in [0.717, 1.165) is 24.4 Å². The van der Waals surface area contributed by atoms with Gasteiger partial charge in [0.05, 0.1) is 5.02 Å². The average Bonchev–Trinajstić information content (AvgIpc) is 2.32. The van der Waals surface area contributed by atoms with Crippen molar-refractivity contribution in [3.05, 3.63) is 28.8 Å². The number of piperidine rings is 1. The summed E-state index contributed by atoms with van der Waals surface area (Å²) in [6.07, 6.45) is 3.31. The fourth-order valence-corrected chi connectivity index (χ4v) is 2.66. The maximum Gasteiger partial charge on any atom is 0.151 e. The van der Waals surface area contributed by atoms with Gasteiger partial charge in [0.1, 0.15) is 0 Å². The van der Waals surface area contributed by atoms with Crippen LogP contribution in [0.1, 0.15) is 37.0 Å². The number of halogens is 1. The molecule has 1 saturated heterocycles. The highest BCUT2D eigenvalue weighted by Crippen LogP contribution is 2.30.